The third kappa shape index (κ3) is 7.30. The summed E-state index contributed by atoms with van der Waals surface area (Å²) in [7, 11) is 0. The third-order valence-corrected chi connectivity index (χ3v) is 6.78. The lowest BCUT2D eigenvalue weighted by Gasteiger charge is -2.36. The number of nitrogens with zero attached hydrogens (tertiary/aromatic N) is 2. The number of amides is 1. The van der Waals surface area contributed by atoms with Crippen LogP contribution >= 0.6 is 46.6 Å². The number of ether oxygens (including phenoxy) is 2. The van der Waals surface area contributed by atoms with Crippen LogP contribution in [-0.4, -0.2) is 36.6 Å². The number of halogens is 3. The highest BCUT2D eigenvalue weighted by Crippen LogP contribution is 2.39. The Hall–Kier alpha value is -1.91. The Kier molecular flexibility index (Phi) is 8.88. The molecule has 7 nitrogen and oxygen atoms in total. The molecule has 0 saturated carbocycles. The summed E-state index contributed by atoms with van der Waals surface area (Å²) >= 11 is 18.4. The number of rotatable bonds is 7. The number of aliphatic hydroxyl groups excluding tert-OH is 1. The quantitative estimate of drug-likeness (QED) is 0.223. The minimum absolute atomic E-state index is 0.0188. The van der Waals surface area contributed by atoms with Gasteiger partial charge in [0.2, 0.25) is 0 Å². The van der Waals surface area contributed by atoms with Gasteiger partial charge in [-0.25, -0.2) is 9.97 Å². The van der Waals surface area contributed by atoms with Crippen LogP contribution in [-0.2, 0) is 20.9 Å². The van der Waals surface area contributed by atoms with Crippen LogP contribution in [0, 0.1) is 0 Å². The molecule has 0 spiro atoms. The highest BCUT2D eigenvalue weighted by Gasteiger charge is 2.33. The van der Waals surface area contributed by atoms with Gasteiger partial charge in [-0.1, -0.05) is 83.0 Å². The standard InChI is InChI=1S/C24H22Cl3N3O4S/c25-24(26,27)22(32)30-18-8-6-17(7-9-18)21-33-19(14-35-23-28-10-1-11-29-23)12-20(34-21)16-4-2-15(13-31)3-5-16/h1-11,19-21,31H,12-14H2,(H,30,32)/t19-,20+,21+/m0/s1. The summed E-state index contributed by atoms with van der Waals surface area (Å²) in [6.45, 7) is -0.0188. The fourth-order valence-electron chi connectivity index (χ4n) is 3.48. The van der Waals surface area contributed by atoms with E-state index in [2.05, 4.69) is 15.3 Å². The van der Waals surface area contributed by atoms with Crippen LogP contribution in [0.25, 0.3) is 0 Å². The second kappa shape index (κ2) is 11.9. The van der Waals surface area contributed by atoms with E-state index in [1.165, 1.54) is 11.8 Å². The van der Waals surface area contributed by atoms with Gasteiger partial charge in [0, 0.05) is 35.8 Å². The maximum absolute atomic E-state index is 11.9. The van der Waals surface area contributed by atoms with Crippen molar-refractivity contribution in [3.05, 3.63) is 83.7 Å². The summed E-state index contributed by atoms with van der Waals surface area (Å²) in [5, 5.41) is 12.6. The van der Waals surface area contributed by atoms with Crippen LogP contribution in [0.2, 0.25) is 0 Å². The number of anilines is 1. The normalized spacial score (nSPS) is 20.4. The molecule has 1 amide bonds. The maximum atomic E-state index is 11.9. The summed E-state index contributed by atoms with van der Waals surface area (Å²) in [5.41, 5.74) is 3.08. The van der Waals surface area contributed by atoms with Gasteiger partial charge in [-0.05, 0) is 29.3 Å². The minimum atomic E-state index is -2.06. The molecule has 2 N–H and O–H groups in total. The third-order valence-electron chi connectivity index (χ3n) is 5.25. The van der Waals surface area contributed by atoms with Crippen LogP contribution in [0.5, 0.6) is 0 Å². The molecule has 2 heterocycles. The number of hydrogen-bond acceptors (Lipinski definition) is 7. The lowest BCUT2D eigenvalue weighted by molar-refractivity contribution is -0.245. The summed E-state index contributed by atoms with van der Waals surface area (Å²) in [4.78, 5) is 20.4. The Morgan fingerprint density at radius 2 is 1.69 bits per heavy atom. The molecule has 3 atom stereocenters. The van der Waals surface area contributed by atoms with Crippen molar-refractivity contribution < 1.29 is 19.4 Å². The average molecular weight is 555 g/mol. The van der Waals surface area contributed by atoms with E-state index in [0.29, 0.717) is 23.0 Å². The molecule has 1 fully saturated rings. The Morgan fingerprint density at radius 3 is 2.31 bits per heavy atom. The second-order valence-electron chi connectivity index (χ2n) is 7.77. The van der Waals surface area contributed by atoms with E-state index in [1.807, 2.05) is 24.3 Å². The van der Waals surface area contributed by atoms with Gasteiger partial charge in [-0.15, -0.1) is 0 Å². The topological polar surface area (TPSA) is 93.6 Å². The summed E-state index contributed by atoms with van der Waals surface area (Å²) in [5.74, 6) is -0.0982. The van der Waals surface area contributed by atoms with Crippen molar-refractivity contribution in [2.45, 2.75) is 40.5 Å². The SMILES string of the molecule is O=C(Nc1ccc([C@@H]2O[C@H](CSc3ncccn3)C[C@H](c3ccc(CO)cc3)O2)cc1)C(Cl)(Cl)Cl. The molecule has 1 aliphatic rings. The lowest BCUT2D eigenvalue weighted by Crippen LogP contribution is -2.31. The average Bonchev–Trinajstić information content (AvgIpc) is 2.88. The van der Waals surface area contributed by atoms with Crippen LogP contribution in [0.1, 0.15) is 35.5 Å². The molecular weight excluding hydrogens is 533 g/mol. The number of thioether (sulfide) groups is 1. The molecule has 1 aliphatic heterocycles. The van der Waals surface area contributed by atoms with Crippen LogP contribution in [0.3, 0.4) is 0 Å². The van der Waals surface area contributed by atoms with E-state index < -0.39 is 16.0 Å². The van der Waals surface area contributed by atoms with Crippen molar-refractivity contribution in [2.75, 3.05) is 11.1 Å². The zero-order valence-electron chi connectivity index (χ0n) is 18.3. The molecule has 184 valence electrons. The number of aliphatic hydroxyl groups is 1. The smallest absolute Gasteiger partial charge is 0.276 e. The monoisotopic (exact) mass is 553 g/mol. The van der Waals surface area contributed by atoms with Gasteiger partial charge < -0.3 is 19.9 Å². The van der Waals surface area contributed by atoms with E-state index in [9.17, 15) is 9.90 Å². The fourth-order valence-corrected chi connectivity index (χ4v) is 4.44. The van der Waals surface area contributed by atoms with Gasteiger partial charge in [-0.3, -0.25) is 4.79 Å². The zero-order valence-corrected chi connectivity index (χ0v) is 21.4. The van der Waals surface area contributed by atoms with Gasteiger partial charge in [0.25, 0.3) is 9.70 Å². The predicted molar refractivity (Wildman–Crippen MR) is 137 cm³/mol. The molecule has 0 bridgehead atoms. The molecule has 0 radical (unpaired) electrons. The van der Waals surface area contributed by atoms with Crippen LogP contribution < -0.4 is 5.32 Å². The first-order valence-corrected chi connectivity index (χ1v) is 12.8. The van der Waals surface area contributed by atoms with E-state index in [4.69, 9.17) is 44.3 Å². The van der Waals surface area contributed by atoms with Crippen molar-refractivity contribution in [2.24, 2.45) is 0 Å². The van der Waals surface area contributed by atoms with Crippen molar-refractivity contribution in [3.63, 3.8) is 0 Å². The lowest BCUT2D eigenvalue weighted by atomic mass is 10.0. The number of carbonyl (C=O) groups excluding carboxylic acids is 1. The van der Waals surface area contributed by atoms with E-state index in [0.717, 1.165) is 16.7 Å². The number of hydrogen-bond donors (Lipinski definition) is 2. The Labute approximate surface area is 222 Å². The molecule has 4 rings (SSSR count). The number of alkyl halides is 3. The van der Waals surface area contributed by atoms with Crippen molar-refractivity contribution in [3.8, 4) is 0 Å². The zero-order chi connectivity index (χ0) is 24.8. The molecule has 0 unspecified atom stereocenters. The van der Waals surface area contributed by atoms with Gasteiger partial charge in [0.15, 0.2) is 11.4 Å². The molecule has 1 aromatic heterocycles. The first-order chi connectivity index (χ1) is 16.8. The molecule has 0 aliphatic carbocycles. The highest BCUT2D eigenvalue weighted by atomic mass is 35.6. The van der Waals surface area contributed by atoms with Gasteiger partial charge >= 0.3 is 0 Å². The second-order valence-corrected chi connectivity index (χ2v) is 11.0. The van der Waals surface area contributed by atoms with Crippen molar-refractivity contribution >= 4 is 58.2 Å². The van der Waals surface area contributed by atoms with E-state index >= 15 is 0 Å². The highest BCUT2D eigenvalue weighted by molar-refractivity contribution is 7.99. The predicted octanol–water partition coefficient (Wildman–Crippen LogP) is 5.62. The number of benzene rings is 2. The first-order valence-electron chi connectivity index (χ1n) is 10.7. The molecule has 11 heteroatoms. The Bertz CT molecular complexity index is 1120. The van der Waals surface area contributed by atoms with Crippen LogP contribution in [0.4, 0.5) is 5.69 Å². The van der Waals surface area contributed by atoms with Gasteiger partial charge in [0.1, 0.15) is 0 Å². The molecule has 2 aromatic carbocycles. The van der Waals surface area contributed by atoms with E-state index in [-0.39, 0.29) is 18.8 Å². The molecule has 35 heavy (non-hydrogen) atoms. The fraction of sp³-hybridized carbons (Fsp3) is 0.292. The Morgan fingerprint density at radius 1 is 1.03 bits per heavy atom. The largest absolute Gasteiger partial charge is 0.392 e. The van der Waals surface area contributed by atoms with Crippen LogP contribution in [0.15, 0.2) is 72.1 Å². The number of nitrogens with one attached hydrogen (secondary N) is 1. The van der Waals surface area contributed by atoms with Gasteiger partial charge in [-0.2, -0.15) is 0 Å². The Balaban J connectivity index is 1.50. The molecular formula is C24H22Cl3N3O4S. The summed E-state index contributed by atoms with van der Waals surface area (Å²) < 4.78 is 10.5. The summed E-state index contributed by atoms with van der Waals surface area (Å²) in [6, 6.07) is 16.4. The first kappa shape index (κ1) is 26.2. The number of aromatic nitrogens is 2. The number of carbonyl (C=O) groups is 1. The maximum Gasteiger partial charge on any atom is 0.276 e. The van der Waals surface area contributed by atoms with E-state index in [1.54, 1.807) is 42.7 Å². The minimum Gasteiger partial charge on any atom is -0.392 e. The molecule has 1 saturated heterocycles. The summed E-state index contributed by atoms with van der Waals surface area (Å²) in [6.07, 6.45) is 3.08. The van der Waals surface area contributed by atoms with Gasteiger partial charge in [0.05, 0.1) is 18.8 Å². The van der Waals surface area contributed by atoms with Crippen molar-refractivity contribution in [1.82, 2.24) is 9.97 Å². The van der Waals surface area contributed by atoms with Crippen molar-refractivity contribution in [1.29, 1.82) is 0 Å². The molecule has 3 aromatic rings.